The lowest BCUT2D eigenvalue weighted by Crippen LogP contribution is -2.41. The van der Waals surface area contributed by atoms with Gasteiger partial charge in [0.05, 0.1) is 17.8 Å². The Balaban J connectivity index is 2.84. The Kier molecular flexibility index (Phi) is 3.82. The summed E-state index contributed by atoms with van der Waals surface area (Å²) >= 11 is 0. The zero-order valence-electron chi connectivity index (χ0n) is 10.9. The zero-order chi connectivity index (χ0) is 12.6. The molecule has 0 unspecified atom stereocenters. The Bertz CT molecular complexity index is 284. The molecule has 0 spiro atoms. The van der Waals surface area contributed by atoms with Crippen LogP contribution in [-0.4, -0.2) is 32.0 Å². The second kappa shape index (κ2) is 4.47. The van der Waals surface area contributed by atoms with Gasteiger partial charge in [-0.05, 0) is 40.2 Å². The highest BCUT2D eigenvalue weighted by molar-refractivity contribution is 6.53. The average molecular weight is 230 g/mol. The van der Waals surface area contributed by atoms with E-state index in [9.17, 15) is 4.39 Å². The van der Waals surface area contributed by atoms with Crippen LogP contribution in [-0.2, 0) is 14.0 Å². The Labute approximate surface area is 97.1 Å². The molecule has 0 bridgehead atoms. The highest BCUT2D eigenvalue weighted by Crippen LogP contribution is 2.39. The van der Waals surface area contributed by atoms with Gasteiger partial charge in [-0.25, -0.2) is 4.39 Å². The average Bonchev–Trinajstić information content (AvgIpc) is 2.35. The fourth-order valence-electron chi connectivity index (χ4n) is 1.43. The van der Waals surface area contributed by atoms with Crippen molar-refractivity contribution in [3.8, 4) is 0 Å². The number of ether oxygens (including phenoxy) is 1. The molecule has 0 aromatic carbocycles. The van der Waals surface area contributed by atoms with Crippen molar-refractivity contribution in [1.82, 2.24) is 0 Å². The monoisotopic (exact) mass is 230 g/mol. The van der Waals surface area contributed by atoms with Gasteiger partial charge in [0.15, 0.2) is 0 Å². The van der Waals surface area contributed by atoms with Crippen LogP contribution >= 0.6 is 0 Å². The molecule has 1 heterocycles. The standard InChI is InChI=1S/C11H20BFO3/c1-8(7-14-6)9(13)12-15-10(2,3)11(4,5)16-12/h7H2,1-6H3. The molecule has 1 saturated heterocycles. The highest BCUT2D eigenvalue weighted by Gasteiger charge is 2.53. The van der Waals surface area contributed by atoms with Gasteiger partial charge in [-0.15, -0.1) is 0 Å². The number of halogens is 1. The lowest BCUT2D eigenvalue weighted by Gasteiger charge is -2.32. The van der Waals surface area contributed by atoms with Gasteiger partial charge in [0.1, 0.15) is 5.73 Å². The van der Waals surface area contributed by atoms with E-state index in [4.69, 9.17) is 14.0 Å². The zero-order valence-corrected chi connectivity index (χ0v) is 10.9. The second-order valence-electron chi connectivity index (χ2n) is 5.15. The molecular weight excluding hydrogens is 210 g/mol. The summed E-state index contributed by atoms with van der Waals surface area (Å²) in [7, 11) is 0.612. The predicted octanol–water partition coefficient (Wildman–Crippen LogP) is 2.51. The first kappa shape index (κ1) is 13.7. The number of hydrogen-bond acceptors (Lipinski definition) is 3. The molecule has 0 amide bonds. The Morgan fingerprint density at radius 2 is 1.62 bits per heavy atom. The lowest BCUT2D eigenvalue weighted by molar-refractivity contribution is 0.00578. The summed E-state index contributed by atoms with van der Waals surface area (Å²) < 4.78 is 30.0. The third-order valence-corrected chi connectivity index (χ3v) is 3.23. The van der Waals surface area contributed by atoms with Gasteiger partial charge in [0.2, 0.25) is 0 Å². The molecule has 0 aliphatic carbocycles. The van der Waals surface area contributed by atoms with E-state index in [0.717, 1.165) is 0 Å². The molecule has 0 atom stereocenters. The Morgan fingerprint density at radius 1 is 1.19 bits per heavy atom. The summed E-state index contributed by atoms with van der Waals surface area (Å²) in [5.41, 5.74) is -0.911. The summed E-state index contributed by atoms with van der Waals surface area (Å²) in [6.07, 6.45) is 0. The second-order valence-corrected chi connectivity index (χ2v) is 5.15. The fourth-order valence-corrected chi connectivity index (χ4v) is 1.43. The minimum atomic E-state index is -0.917. The van der Waals surface area contributed by atoms with Gasteiger partial charge < -0.3 is 14.0 Å². The van der Waals surface area contributed by atoms with Crippen LogP contribution in [0.15, 0.2) is 11.3 Å². The number of hydrogen-bond donors (Lipinski definition) is 0. The molecule has 0 N–H and O–H groups in total. The molecular formula is C11H20BFO3. The van der Waals surface area contributed by atoms with Crippen LogP contribution in [0, 0.1) is 0 Å². The summed E-state index contributed by atoms with van der Waals surface area (Å²) in [5, 5.41) is 0. The third-order valence-electron chi connectivity index (χ3n) is 3.23. The Hall–Kier alpha value is -0.385. The van der Waals surface area contributed by atoms with Crippen LogP contribution in [0.25, 0.3) is 0 Å². The van der Waals surface area contributed by atoms with Crippen LogP contribution in [0.2, 0.25) is 0 Å². The molecule has 16 heavy (non-hydrogen) atoms. The predicted molar refractivity (Wildman–Crippen MR) is 61.8 cm³/mol. The minimum absolute atomic E-state index is 0.246. The molecule has 1 fully saturated rings. The smallest absolute Gasteiger partial charge is 0.398 e. The van der Waals surface area contributed by atoms with E-state index in [-0.39, 0.29) is 12.3 Å². The number of rotatable bonds is 3. The van der Waals surface area contributed by atoms with Crippen molar-refractivity contribution >= 4 is 7.12 Å². The molecule has 92 valence electrons. The van der Waals surface area contributed by atoms with Crippen molar-refractivity contribution < 1.29 is 18.4 Å². The first-order valence-corrected chi connectivity index (χ1v) is 5.41. The SMILES string of the molecule is COCC(C)=C(F)B1OC(C)(C)C(C)(C)O1. The maximum Gasteiger partial charge on any atom is 0.525 e. The van der Waals surface area contributed by atoms with Crippen LogP contribution in [0.4, 0.5) is 4.39 Å². The molecule has 3 nitrogen and oxygen atoms in total. The first-order valence-electron chi connectivity index (χ1n) is 5.41. The van der Waals surface area contributed by atoms with E-state index in [1.165, 1.54) is 7.11 Å². The van der Waals surface area contributed by atoms with Crippen molar-refractivity contribution in [2.45, 2.75) is 45.8 Å². The first-order chi connectivity index (χ1) is 7.21. The van der Waals surface area contributed by atoms with Crippen molar-refractivity contribution in [3.05, 3.63) is 11.3 Å². The van der Waals surface area contributed by atoms with Crippen molar-refractivity contribution in [1.29, 1.82) is 0 Å². The van der Waals surface area contributed by atoms with Gasteiger partial charge in [0.25, 0.3) is 0 Å². The summed E-state index contributed by atoms with van der Waals surface area (Å²) in [5.74, 6) is 0. The molecule has 0 aromatic rings. The van der Waals surface area contributed by atoms with Gasteiger partial charge >= 0.3 is 7.12 Å². The van der Waals surface area contributed by atoms with Gasteiger partial charge in [-0.1, -0.05) is 0 Å². The quantitative estimate of drug-likeness (QED) is 0.697. The van der Waals surface area contributed by atoms with E-state index >= 15 is 0 Å². The topological polar surface area (TPSA) is 27.7 Å². The Morgan fingerprint density at radius 3 is 2.00 bits per heavy atom. The fraction of sp³-hybridized carbons (Fsp3) is 0.818. The van der Waals surface area contributed by atoms with E-state index in [2.05, 4.69) is 0 Å². The van der Waals surface area contributed by atoms with Crippen LogP contribution in [0.1, 0.15) is 34.6 Å². The molecule has 1 rings (SSSR count). The van der Waals surface area contributed by atoms with Gasteiger partial charge in [-0.3, -0.25) is 0 Å². The normalized spacial score (nSPS) is 24.6. The van der Waals surface area contributed by atoms with Crippen molar-refractivity contribution in [2.24, 2.45) is 0 Å². The number of methoxy groups -OCH3 is 1. The molecule has 0 saturated carbocycles. The molecule has 1 aliphatic rings. The van der Waals surface area contributed by atoms with Crippen LogP contribution in [0.5, 0.6) is 0 Å². The lowest BCUT2D eigenvalue weighted by atomic mass is 9.85. The maximum absolute atomic E-state index is 13.9. The molecule has 0 radical (unpaired) electrons. The highest BCUT2D eigenvalue weighted by atomic mass is 19.1. The molecule has 5 heteroatoms. The van der Waals surface area contributed by atoms with Crippen molar-refractivity contribution in [2.75, 3.05) is 13.7 Å². The van der Waals surface area contributed by atoms with Crippen molar-refractivity contribution in [3.63, 3.8) is 0 Å². The van der Waals surface area contributed by atoms with Crippen LogP contribution < -0.4 is 0 Å². The third kappa shape index (κ3) is 2.47. The summed E-state index contributed by atoms with van der Waals surface area (Å²) in [6, 6.07) is 0. The largest absolute Gasteiger partial charge is 0.525 e. The van der Waals surface area contributed by atoms with Gasteiger partial charge in [0, 0.05) is 7.11 Å². The summed E-state index contributed by atoms with van der Waals surface area (Å²) in [4.78, 5) is 0. The maximum atomic E-state index is 13.9. The van der Waals surface area contributed by atoms with E-state index in [1.807, 2.05) is 27.7 Å². The van der Waals surface area contributed by atoms with Crippen LogP contribution in [0.3, 0.4) is 0 Å². The van der Waals surface area contributed by atoms with E-state index < -0.39 is 18.3 Å². The van der Waals surface area contributed by atoms with Gasteiger partial charge in [-0.2, -0.15) is 0 Å². The summed E-state index contributed by atoms with van der Waals surface area (Å²) in [6.45, 7) is 9.50. The minimum Gasteiger partial charge on any atom is -0.398 e. The molecule has 1 aliphatic heterocycles. The van der Waals surface area contributed by atoms with E-state index in [0.29, 0.717) is 5.57 Å². The van der Waals surface area contributed by atoms with E-state index in [1.54, 1.807) is 6.92 Å². The molecule has 0 aromatic heterocycles.